The van der Waals surface area contributed by atoms with Gasteiger partial charge in [0.05, 0.1) is 28.8 Å². The zero-order valence-electron chi connectivity index (χ0n) is 16.6. The number of hydrogen-bond donors (Lipinski definition) is 1. The van der Waals surface area contributed by atoms with E-state index in [9.17, 15) is 17.6 Å². The van der Waals surface area contributed by atoms with E-state index in [-0.39, 0.29) is 5.82 Å². The smallest absolute Gasteiger partial charge is 0.417 e. The van der Waals surface area contributed by atoms with Gasteiger partial charge in [0.1, 0.15) is 23.7 Å². The van der Waals surface area contributed by atoms with E-state index in [0.29, 0.717) is 35.2 Å². The SMILES string of the molecule is COc1cc(F)cc2c1cc(C)n2CCNc1cc(-c2cc(C(F)(F)F)cs2)ncn1. The Kier molecular flexibility index (Phi) is 5.57. The maximum Gasteiger partial charge on any atom is 0.417 e. The van der Waals surface area contributed by atoms with Crippen molar-refractivity contribution in [3.05, 3.63) is 59.1 Å². The second kappa shape index (κ2) is 8.18. The maximum absolute atomic E-state index is 13.9. The van der Waals surface area contributed by atoms with Gasteiger partial charge in [0.25, 0.3) is 0 Å². The zero-order valence-corrected chi connectivity index (χ0v) is 17.4. The summed E-state index contributed by atoms with van der Waals surface area (Å²) in [6.07, 6.45) is -3.08. The number of fused-ring (bicyclic) bond motifs is 1. The van der Waals surface area contributed by atoms with Gasteiger partial charge in [0.2, 0.25) is 0 Å². The van der Waals surface area contributed by atoms with Crippen LogP contribution in [0, 0.1) is 12.7 Å². The molecule has 0 aliphatic heterocycles. The Hall–Kier alpha value is -3.14. The second-order valence-corrected chi connectivity index (χ2v) is 7.80. The van der Waals surface area contributed by atoms with Crippen molar-refractivity contribution in [3.63, 3.8) is 0 Å². The van der Waals surface area contributed by atoms with Crippen LogP contribution in [-0.4, -0.2) is 28.2 Å². The van der Waals surface area contributed by atoms with Crippen molar-refractivity contribution in [1.82, 2.24) is 14.5 Å². The van der Waals surface area contributed by atoms with E-state index in [4.69, 9.17) is 4.74 Å². The fourth-order valence-corrected chi connectivity index (χ4v) is 4.28. The highest BCUT2D eigenvalue weighted by Crippen LogP contribution is 2.36. The van der Waals surface area contributed by atoms with Crippen LogP contribution in [0.1, 0.15) is 11.3 Å². The predicted molar refractivity (Wildman–Crippen MR) is 112 cm³/mol. The Balaban J connectivity index is 1.50. The molecule has 4 rings (SSSR count). The standard InChI is InChI=1S/C21H18F4N4OS/c1-12-5-15-17(7-14(22)8-18(15)30-2)29(12)4-3-26-20-9-16(27-11-28-20)19-6-13(10-31-19)21(23,24)25/h5-11H,3-4H2,1-2H3,(H,26,27,28). The number of ether oxygens (including phenoxy) is 1. The number of aromatic nitrogens is 3. The van der Waals surface area contributed by atoms with E-state index < -0.39 is 11.7 Å². The number of alkyl halides is 3. The zero-order chi connectivity index (χ0) is 22.2. The Bertz CT molecular complexity index is 1230. The molecule has 0 atom stereocenters. The minimum Gasteiger partial charge on any atom is -0.496 e. The number of halogens is 4. The molecule has 162 valence electrons. The lowest BCUT2D eigenvalue weighted by molar-refractivity contribution is -0.137. The molecule has 0 aliphatic carbocycles. The summed E-state index contributed by atoms with van der Waals surface area (Å²) in [5.41, 5.74) is 1.38. The number of anilines is 1. The van der Waals surface area contributed by atoms with Crippen LogP contribution in [0.4, 0.5) is 23.4 Å². The van der Waals surface area contributed by atoms with Gasteiger partial charge in [-0.2, -0.15) is 13.2 Å². The van der Waals surface area contributed by atoms with Gasteiger partial charge in [-0.1, -0.05) is 0 Å². The van der Waals surface area contributed by atoms with Gasteiger partial charge < -0.3 is 14.6 Å². The molecular formula is C21H18F4N4OS. The molecule has 0 fully saturated rings. The third-order valence-electron chi connectivity index (χ3n) is 4.86. The summed E-state index contributed by atoms with van der Waals surface area (Å²) in [4.78, 5) is 8.62. The first kappa shape index (κ1) is 21.1. The highest BCUT2D eigenvalue weighted by molar-refractivity contribution is 7.13. The number of nitrogens with zero attached hydrogens (tertiary/aromatic N) is 3. The number of methoxy groups -OCH3 is 1. The highest BCUT2D eigenvalue weighted by Gasteiger charge is 2.31. The number of nitrogens with one attached hydrogen (secondary N) is 1. The van der Waals surface area contributed by atoms with Crippen LogP contribution >= 0.6 is 11.3 Å². The average molecular weight is 450 g/mol. The summed E-state index contributed by atoms with van der Waals surface area (Å²) in [6.45, 7) is 2.92. The lowest BCUT2D eigenvalue weighted by Gasteiger charge is -2.11. The molecule has 0 aliphatic rings. The van der Waals surface area contributed by atoms with Crippen LogP contribution in [0.5, 0.6) is 5.75 Å². The molecule has 0 spiro atoms. The second-order valence-electron chi connectivity index (χ2n) is 6.89. The first-order chi connectivity index (χ1) is 14.8. The summed E-state index contributed by atoms with van der Waals surface area (Å²) in [6, 6.07) is 7.43. The first-order valence-electron chi connectivity index (χ1n) is 9.31. The maximum atomic E-state index is 13.9. The topological polar surface area (TPSA) is 52.0 Å². The number of rotatable bonds is 6. The van der Waals surface area contributed by atoms with Crippen molar-refractivity contribution in [3.8, 4) is 16.3 Å². The van der Waals surface area contributed by atoms with Gasteiger partial charge in [-0.15, -0.1) is 11.3 Å². The van der Waals surface area contributed by atoms with Gasteiger partial charge in [-0.3, -0.25) is 0 Å². The third-order valence-corrected chi connectivity index (χ3v) is 5.82. The monoisotopic (exact) mass is 450 g/mol. The molecule has 0 amide bonds. The molecule has 3 heterocycles. The molecule has 31 heavy (non-hydrogen) atoms. The third kappa shape index (κ3) is 4.34. The van der Waals surface area contributed by atoms with Crippen molar-refractivity contribution in [2.24, 2.45) is 0 Å². The Morgan fingerprint density at radius 2 is 1.94 bits per heavy atom. The van der Waals surface area contributed by atoms with Crippen LogP contribution in [0.25, 0.3) is 21.5 Å². The van der Waals surface area contributed by atoms with Crippen molar-refractivity contribution >= 4 is 28.1 Å². The van der Waals surface area contributed by atoms with Gasteiger partial charge in [0.15, 0.2) is 0 Å². The fraction of sp³-hybridized carbons (Fsp3) is 0.238. The van der Waals surface area contributed by atoms with Crippen LogP contribution < -0.4 is 10.1 Å². The fourth-order valence-electron chi connectivity index (χ4n) is 3.39. The normalized spacial score (nSPS) is 11.8. The van der Waals surface area contributed by atoms with E-state index >= 15 is 0 Å². The molecule has 0 saturated carbocycles. The summed E-state index contributed by atoms with van der Waals surface area (Å²) >= 11 is 0.979. The molecule has 3 aromatic heterocycles. The number of hydrogen-bond acceptors (Lipinski definition) is 5. The minimum absolute atomic E-state index is 0.383. The van der Waals surface area contributed by atoms with Crippen molar-refractivity contribution < 1.29 is 22.3 Å². The molecule has 0 bridgehead atoms. The quantitative estimate of drug-likeness (QED) is 0.380. The van der Waals surface area contributed by atoms with Gasteiger partial charge in [-0.05, 0) is 25.1 Å². The van der Waals surface area contributed by atoms with E-state index in [2.05, 4.69) is 15.3 Å². The molecule has 10 heteroatoms. The molecular weight excluding hydrogens is 432 g/mol. The summed E-state index contributed by atoms with van der Waals surface area (Å²) in [7, 11) is 1.50. The van der Waals surface area contributed by atoms with Crippen LogP contribution in [0.3, 0.4) is 0 Å². The Morgan fingerprint density at radius 3 is 2.65 bits per heavy atom. The molecule has 1 N–H and O–H groups in total. The van der Waals surface area contributed by atoms with E-state index in [1.54, 1.807) is 6.07 Å². The Morgan fingerprint density at radius 1 is 1.13 bits per heavy atom. The molecule has 0 radical (unpaired) electrons. The number of aryl methyl sites for hydroxylation is 1. The van der Waals surface area contributed by atoms with Gasteiger partial charge >= 0.3 is 6.18 Å². The number of benzene rings is 1. The Labute approximate surface area is 179 Å². The largest absolute Gasteiger partial charge is 0.496 e. The molecule has 0 unspecified atom stereocenters. The van der Waals surface area contributed by atoms with Crippen molar-refractivity contribution in [2.45, 2.75) is 19.6 Å². The van der Waals surface area contributed by atoms with Crippen molar-refractivity contribution in [1.29, 1.82) is 0 Å². The van der Waals surface area contributed by atoms with E-state index in [0.717, 1.165) is 39.4 Å². The number of thiophene rings is 1. The lowest BCUT2D eigenvalue weighted by Crippen LogP contribution is -2.12. The summed E-state index contributed by atoms with van der Waals surface area (Å²) in [5, 5.41) is 5.04. The van der Waals surface area contributed by atoms with Gasteiger partial charge in [0, 0.05) is 41.7 Å². The summed E-state index contributed by atoms with van der Waals surface area (Å²) < 4.78 is 59.7. The van der Waals surface area contributed by atoms with Crippen molar-refractivity contribution in [2.75, 3.05) is 19.0 Å². The van der Waals surface area contributed by atoms with E-state index in [1.807, 2.05) is 17.6 Å². The highest BCUT2D eigenvalue weighted by atomic mass is 32.1. The first-order valence-corrected chi connectivity index (χ1v) is 10.2. The molecule has 4 aromatic rings. The average Bonchev–Trinajstić information content (AvgIpc) is 3.33. The van der Waals surface area contributed by atoms with E-state index in [1.165, 1.54) is 25.6 Å². The summed E-state index contributed by atoms with van der Waals surface area (Å²) in [5.74, 6) is 0.579. The lowest BCUT2D eigenvalue weighted by atomic mass is 10.2. The van der Waals surface area contributed by atoms with Crippen LogP contribution in [-0.2, 0) is 12.7 Å². The minimum atomic E-state index is -4.39. The predicted octanol–water partition coefficient (Wildman–Crippen LogP) is 5.75. The molecule has 5 nitrogen and oxygen atoms in total. The van der Waals surface area contributed by atoms with Crippen LogP contribution in [0.15, 0.2) is 42.0 Å². The van der Waals surface area contributed by atoms with Gasteiger partial charge in [-0.25, -0.2) is 14.4 Å². The molecule has 0 saturated heterocycles. The van der Waals surface area contributed by atoms with Crippen LogP contribution in [0.2, 0.25) is 0 Å². The molecule has 1 aromatic carbocycles.